The third kappa shape index (κ3) is 4.37. The van der Waals surface area contributed by atoms with Crippen LogP contribution in [0.2, 0.25) is 13.1 Å². The number of rotatable bonds is 5. The molecule has 1 atom stereocenters. The van der Waals surface area contributed by atoms with Gasteiger partial charge in [-0.1, -0.05) is 60.7 Å². The van der Waals surface area contributed by atoms with Crippen LogP contribution >= 0.6 is 0 Å². The molecule has 0 aliphatic carbocycles. The molecule has 0 aliphatic rings. The van der Waals surface area contributed by atoms with Crippen molar-refractivity contribution in [2.75, 3.05) is 0 Å². The van der Waals surface area contributed by atoms with Crippen molar-refractivity contribution in [2.45, 2.75) is 44.3 Å². The Morgan fingerprint density at radius 3 is 1.96 bits per heavy atom. The molecule has 3 nitrogen and oxygen atoms in total. The zero-order chi connectivity index (χ0) is 18.9. The van der Waals surface area contributed by atoms with Gasteiger partial charge in [0.25, 0.3) is 0 Å². The Morgan fingerprint density at radius 1 is 0.960 bits per heavy atom. The fraction of sp³-hybridized carbons (Fsp3) is 0.368. The number of nitrogens with one attached hydrogen (secondary N) is 1. The van der Waals surface area contributed by atoms with Gasteiger partial charge in [-0.2, -0.15) is 0 Å². The van der Waals surface area contributed by atoms with Crippen LogP contribution in [0, 0.1) is 5.82 Å². The standard InChI is InChI=1S/C19H26FNO2SSi/c1-19(2,3)24(22,23)21-18(15-11-13-16(20)14-12-15)25(4,5)17-9-7-6-8-10-17/h6-14,18,21H,1-5H3/t18-/m1/s1. The summed E-state index contributed by atoms with van der Waals surface area (Å²) in [5.41, 5.74) is 0.398. The van der Waals surface area contributed by atoms with Crippen LogP contribution in [0.5, 0.6) is 0 Å². The largest absolute Gasteiger partial charge is 0.216 e. The quantitative estimate of drug-likeness (QED) is 0.805. The van der Waals surface area contributed by atoms with Gasteiger partial charge < -0.3 is 0 Å². The minimum Gasteiger partial charge on any atom is -0.212 e. The first-order valence-corrected chi connectivity index (χ1v) is 12.8. The maximum atomic E-state index is 13.4. The molecule has 0 aliphatic heterocycles. The Morgan fingerprint density at radius 2 is 1.48 bits per heavy atom. The predicted molar refractivity (Wildman–Crippen MR) is 105 cm³/mol. The third-order valence-electron chi connectivity index (χ3n) is 4.52. The van der Waals surface area contributed by atoms with Gasteiger partial charge in [0.05, 0.1) is 4.75 Å². The normalized spacial score (nSPS) is 14.3. The Bertz CT molecular complexity index is 813. The van der Waals surface area contributed by atoms with E-state index < -0.39 is 22.8 Å². The molecule has 2 aromatic carbocycles. The summed E-state index contributed by atoms with van der Waals surface area (Å²) in [7, 11) is -5.82. The van der Waals surface area contributed by atoms with E-state index in [4.69, 9.17) is 0 Å². The van der Waals surface area contributed by atoms with E-state index in [0.29, 0.717) is 0 Å². The number of sulfonamides is 1. The van der Waals surface area contributed by atoms with E-state index in [-0.39, 0.29) is 11.5 Å². The molecule has 136 valence electrons. The molecule has 0 fully saturated rings. The van der Waals surface area contributed by atoms with Crippen LogP contribution in [0.3, 0.4) is 0 Å². The Kier molecular flexibility index (Phi) is 5.56. The van der Waals surface area contributed by atoms with Gasteiger partial charge in [0.1, 0.15) is 13.9 Å². The number of benzene rings is 2. The lowest BCUT2D eigenvalue weighted by Crippen LogP contribution is -2.56. The van der Waals surface area contributed by atoms with E-state index >= 15 is 0 Å². The molecule has 0 saturated heterocycles. The molecule has 6 heteroatoms. The van der Waals surface area contributed by atoms with Gasteiger partial charge in [-0.05, 0) is 38.5 Å². The third-order valence-corrected chi connectivity index (χ3v) is 10.6. The second-order valence-corrected chi connectivity index (χ2v) is 14.9. The van der Waals surface area contributed by atoms with Crippen LogP contribution in [0.15, 0.2) is 54.6 Å². The molecule has 0 aromatic heterocycles. The lowest BCUT2D eigenvalue weighted by Gasteiger charge is -2.36. The van der Waals surface area contributed by atoms with Gasteiger partial charge in [0.15, 0.2) is 0 Å². The van der Waals surface area contributed by atoms with E-state index in [2.05, 4.69) is 17.8 Å². The number of hydrogen-bond acceptors (Lipinski definition) is 2. The molecular weight excluding hydrogens is 353 g/mol. The van der Waals surface area contributed by atoms with Gasteiger partial charge in [0, 0.05) is 5.67 Å². The second kappa shape index (κ2) is 7.01. The highest BCUT2D eigenvalue weighted by Gasteiger charge is 2.40. The molecule has 2 rings (SSSR count). The smallest absolute Gasteiger partial charge is 0.212 e. The van der Waals surface area contributed by atoms with Crippen molar-refractivity contribution in [3.8, 4) is 0 Å². The van der Waals surface area contributed by atoms with Crippen molar-refractivity contribution < 1.29 is 12.8 Å². The van der Waals surface area contributed by atoms with Crippen LogP contribution < -0.4 is 9.91 Å². The summed E-state index contributed by atoms with van der Waals surface area (Å²) in [6.45, 7) is 9.28. The average Bonchev–Trinajstić information content (AvgIpc) is 2.53. The van der Waals surface area contributed by atoms with E-state index in [1.807, 2.05) is 30.3 Å². The van der Waals surface area contributed by atoms with Crippen LogP contribution in [0.4, 0.5) is 4.39 Å². The van der Waals surface area contributed by atoms with E-state index in [0.717, 1.165) is 10.8 Å². The number of hydrogen-bond donors (Lipinski definition) is 1. The van der Waals surface area contributed by atoms with E-state index in [9.17, 15) is 12.8 Å². The van der Waals surface area contributed by atoms with Crippen LogP contribution in [-0.2, 0) is 10.0 Å². The first kappa shape index (κ1) is 19.8. The minimum absolute atomic E-state index is 0.333. The first-order valence-electron chi connectivity index (χ1n) is 8.28. The summed E-state index contributed by atoms with van der Waals surface area (Å²) in [5, 5.41) is 1.14. The molecule has 0 bridgehead atoms. The van der Waals surface area contributed by atoms with Crippen molar-refractivity contribution in [3.05, 3.63) is 66.0 Å². The van der Waals surface area contributed by atoms with E-state index in [1.54, 1.807) is 32.9 Å². The van der Waals surface area contributed by atoms with Crippen molar-refractivity contribution >= 4 is 23.3 Å². The molecule has 0 heterocycles. The fourth-order valence-corrected chi connectivity index (χ4v) is 7.51. The highest BCUT2D eigenvalue weighted by atomic mass is 32.2. The summed E-state index contributed by atoms with van der Waals surface area (Å²) in [5.74, 6) is -0.333. The average molecular weight is 380 g/mol. The summed E-state index contributed by atoms with van der Waals surface area (Å²) in [4.78, 5) is 0. The summed E-state index contributed by atoms with van der Waals surface area (Å²) >= 11 is 0. The SMILES string of the molecule is CC(C)(C)S(=O)(=O)N[C@@H](c1ccc(F)cc1)[Si](C)(C)c1ccccc1. The lowest BCUT2D eigenvalue weighted by atomic mass is 10.2. The molecule has 2 aromatic rings. The molecule has 25 heavy (non-hydrogen) atoms. The minimum atomic E-state index is -3.56. The van der Waals surface area contributed by atoms with E-state index in [1.165, 1.54) is 12.1 Å². The molecular formula is C19H26FNO2SSi. The van der Waals surface area contributed by atoms with Crippen molar-refractivity contribution in [3.63, 3.8) is 0 Å². The van der Waals surface area contributed by atoms with Crippen molar-refractivity contribution in [1.29, 1.82) is 0 Å². The van der Waals surface area contributed by atoms with Gasteiger partial charge in [-0.3, -0.25) is 0 Å². The molecule has 0 unspecified atom stereocenters. The first-order chi connectivity index (χ1) is 11.4. The summed E-state index contributed by atoms with van der Waals surface area (Å²) in [6.07, 6.45) is 0. The zero-order valence-corrected chi connectivity index (χ0v) is 17.2. The molecule has 0 saturated carbocycles. The topological polar surface area (TPSA) is 46.2 Å². The highest BCUT2D eigenvalue weighted by Crippen LogP contribution is 2.28. The summed E-state index contributed by atoms with van der Waals surface area (Å²) < 4.78 is 41.0. The van der Waals surface area contributed by atoms with Gasteiger partial charge in [-0.25, -0.2) is 17.5 Å². The lowest BCUT2D eigenvalue weighted by molar-refractivity contribution is 0.541. The van der Waals surface area contributed by atoms with Crippen LogP contribution in [0.25, 0.3) is 0 Å². The summed E-state index contributed by atoms with van der Waals surface area (Å²) in [6, 6.07) is 16.0. The second-order valence-electron chi connectivity index (χ2n) is 7.81. The van der Waals surface area contributed by atoms with Crippen molar-refractivity contribution in [1.82, 2.24) is 4.72 Å². The van der Waals surface area contributed by atoms with Gasteiger partial charge in [-0.15, -0.1) is 0 Å². The zero-order valence-electron chi connectivity index (χ0n) is 15.4. The molecule has 0 spiro atoms. The molecule has 0 radical (unpaired) electrons. The predicted octanol–water partition coefficient (Wildman–Crippen LogP) is 3.74. The highest BCUT2D eigenvalue weighted by molar-refractivity contribution is 7.90. The maximum absolute atomic E-state index is 13.4. The Balaban J connectivity index is 2.55. The Hall–Kier alpha value is -1.50. The van der Waals surface area contributed by atoms with Gasteiger partial charge in [0.2, 0.25) is 10.0 Å². The maximum Gasteiger partial charge on any atom is 0.216 e. The number of halogens is 1. The Labute approximate surface area is 151 Å². The molecule has 1 N–H and O–H groups in total. The van der Waals surface area contributed by atoms with Crippen molar-refractivity contribution in [2.24, 2.45) is 0 Å². The van der Waals surface area contributed by atoms with Crippen LogP contribution in [0.1, 0.15) is 32.0 Å². The molecule has 0 amide bonds. The fourth-order valence-electron chi connectivity index (χ4n) is 2.65. The van der Waals surface area contributed by atoms with Crippen LogP contribution in [-0.4, -0.2) is 21.2 Å². The van der Waals surface area contributed by atoms with Gasteiger partial charge >= 0.3 is 0 Å². The monoisotopic (exact) mass is 379 g/mol.